The van der Waals surface area contributed by atoms with Crippen molar-refractivity contribution >= 4 is 10.0 Å². The third-order valence-electron chi connectivity index (χ3n) is 4.71. The van der Waals surface area contributed by atoms with Gasteiger partial charge in [-0.3, -0.25) is 0 Å². The van der Waals surface area contributed by atoms with E-state index in [-0.39, 0.29) is 24.2 Å². The quantitative estimate of drug-likeness (QED) is 0.660. The van der Waals surface area contributed by atoms with E-state index in [4.69, 9.17) is 9.47 Å². The minimum Gasteiger partial charge on any atom is -0.492 e. The lowest BCUT2D eigenvalue weighted by molar-refractivity contribution is 0.210. The highest BCUT2D eigenvalue weighted by Crippen LogP contribution is 2.24. The summed E-state index contributed by atoms with van der Waals surface area (Å²) in [6, 6.07) is 14.4. The fraction of sp³-hybridized carbons (Fsp3) is 0.429. The molecule has 1 aliphatic carbocycles. The highest BCUT2D eigenvalue weighted by Gasteiger charge is 2.17. The maximum atomic E-state index is 12.4. The van der Waals surface area contributed by atoms with E-state index >= 15 is 0 Å². The molecule has 6 heteroatoms. The van der Waals surface area contributed by atoms with Gasteiger partial charge in [-0.05, 0) is 74.1 Å². The van der Waals surface area contributed by atoms with Crippen molar-refractivity contribution in [3.63, 3.8) is 0 Å². The molecule has 1 N–H and O–H groups in total. The lowest BCUT2D eigenvalue weighted by Crippen LogP contribution is -2.28. The number of hydrogen-bond donors (Lipinski definition) is 1. The van der Waals surface area contributed by atoms with Gasteiger partial charge >= 0.3 is 0 Å². The molecule has 0 unspecified atom stereocenters. The average molecular weight is 390 g/mol. The van der Waals surface area contributed by atoms with Gasteiger partial charge in [0.1, 0.15) is 18.1 Å². The Bertz CT molecular complexity index is 828. The Hall–Kier alpha value is -2.05. The first-order chi connectivity index (χ1) is 13.1. The molecule has 146 valence electrons. The van der Waals surface area contributed by atoms with Crippen molar-refractivity contribution in [2.75, 3.05) is 13.2 Å². The van der Waals surface area contributed by atoms with Crippen LogP contribution in [0.25, 0.3) is 0 Å². The van der Waals surface area contributed by atoms with Crippen LogP contribution in [0.3, 0.4) is 0 Å². The Kier molecular flexibility index (Phi) is 6.74. The number of rotatable bonds is 9. The van der Waals surface area contributed by atoms with E-state index in [1.807, 2.05) is 24.3 Å². The van der Waals surface area contributed by atoms with Crippen LogP contribution in [0.4, 0.5) is 0 Å². The molecule has 0 aromatic heterocycles. The van der Waals surface area contributed by atoms with Gasteiger partial charge in [-0.1, -0.05) is 19.1 Å². The van der Waals surface area contributed by atoms with Gasteiger partial charge in [0.2, 0.25) is 10.0 Å². The van der Waals surface area contributed by atoms with Crippen molar-refractivity contribution in [1.82, 2.24) is 4.72 Å². The van der Waals surface area contributed by atoms with Crippen LogP contribution in [0.15, 0.2) is 53.4 Å². The maximum absolute atomic E-state index is 12.4. The molecule has 1 fully saturated rings. The number of hydrogen-bond acceptors (Lipinski definition) is 4. The lowest BCUT2D eigenvalue weighted by atomic mass is 10.2. The Balaban J connectivity index is 1.48. The van der Waals surface area contributed by atoms with E-state index in [1.165, 1.54) is 18.4 Å². The summed E-state index contributed by atoms with van der Waals surface area (Å²) in [5, 5.41) is 0. The van der Waals surface area contributed by atoms with Crippen LogP contribution in [0.2, 0.25) is 0 Å². The zero-order chi connectivity index (χ0) is 19.1. The van der Waals surface area contributed by atoms with E-state index < -0.39 is 10.0 Å². The predicted molar refractivity (Wildman–Crippen MR) is 106 cm³/mol. The number of nitrogens with one attached hydrogen (secondary N) is 1. The predicted octanol–water partition coefficient (Wildman–Crippen LogP) is 3.93. The summed E-state index contributed by atoms with van der Waals surface area (Å²) in [5.74, 6) is 1.47. The van der Waals surface area contributed by atoms with E-state index in [0.29, 0.717) is 0 Å². The minimum atomic E-state index is -3.56. The van der Waals surface area contributed by atoms with Crippen LogP contribution in [0, 0.1) is 0 Å². The molecule has 0 bridgehead atoms. The Morgan fingerprint density at radius 1 is 1.04 bits per heavy atom. The van der Waals surface area contributed by atoms with Crippen molar-refractivity contribution in [3.8, 4) is 11.5 Å². The van der Waals surface area contributed by atoms with Gasteiger partial charge < -0.3 is 9.47 Å². The van der Waals surface area contributed by atoms with Gasteiger partial charge in [0, 0.05) is 6.54 Å². The Morgan fingerprint density at radius 3 is 2.48 bits per heavy atom. The van der Waals surface area contributed by atoms with Crippen molar-refractivity contribution in [3.05, 3.63) is 54.1 Å². The molecule has 27 heavy (non-hydrogen) atoms. The summed E-state index contributed by atoms with van der Waals surface area (Å²) in [6.45, 7) is 2.56. The average Bonchev–Trinajstić information content (AvgIpc) is 3.19. The number of sulfonamides is 1. The van der Waals surface area contributed by atoms with Gasteiger partial charge in [-0.15, -0.1) is 0 Å². The normalized spacial score (nSPS) is 15.0. The van der Waals surface area contributed by atoms with Crippen LogP contribution in [0.5, 0.6) is 11.5 Å². The fourth-order valence-electron chi connectivity index (χ4n) is 3.18. The fourth-order valence-corrected chi connectivity index (χ4v) is 4.19. The zero-order valence-electron chi connectivity index (χ0n) is 15.7. The zero-order valence-corrected chi connectivity index (χ0v) is 16.5. The standard InChI is InChI=1S/C21H27NO4S/c1-2-17-6-5-9-20(16-17)25-15-14-22-27(23,24)21-12-10-19(11-13-21)26-18-7-3-4-8-18/h5-6,9-13,16,18,22H,2-4,7-8,14-15H2,1H3. The molecule has 3 rings (SSSR count). The van der Waals surface area contributed by atoms with Crippen LogP contribution in [0.1, 0.15) is 38.2 Å². The lowest BCUT2D eigenvalue weighted by Gasteiger charge is -2.13. The van der Waals surface area contributed by atoms with Crippen LogP contribution in [-0.2, 0) is 16.4 Å². The van der Waals surface area contributed by atoms with E-state index in [0.717, 1.165) is 30.8 Å². The van der Waals surface area contributed by atoms with Crippen LogP contribution < -0.4 is 14.2 Å². The van der Waals surface area contributed by atoms with Crippen molar-refractivity contribution in [1.29, 1.82) is 0 Å². The molecule has 0 amide bonds. The monoisotopic (exact) mass is 389 g/mol. The van der Waals surface area contributed by atoms with Gasteiger partial charge in [0.05, 0.1) is 11.0 Å². The Labute approximate surface area is 161 Å². The highest BCUT2D eigenvalue weighted by molar-refractivity contribution is 7.89. The minimum absolute atomic E-state index is 0.207. The van der Waals surface area contributed by atoms with Gasteiger partial charge in [0.15, 0.2) is 0 Å². The summed E-state index contributed by atoms with van der Waals surface area (Å²) < 4.78 is 38.9. The van der Waals surface area contributed by atoms with Gasteiger partial charge in [-0.2, -0.15) is 0 Å². The smallest absolute Gasteiger partial charge is 0.240 e. The maximum Gasteiger partial charge on any atom is 0.240 e. The van der Waals surface area contributed by atoms with E-state index in [1.54, 1.807) is 24.3 Å². The first-order valence-corrected chi connectivity index (χ1v) is 11.0. The Morgan fingerprint density at radius 2 is 1.78 bits per heavy atom. The summed E-state index contributed by atoms with van der Waals surface area (Å²) in [5.41, 5.74) is 1.19. The van der Waals surface area contributed by atoms with Crippen molar-refractivity contribution < 1.29 is 17.9 Å². The molecule has 5 nitrogen and oxygen atoms in total. The van der Waals surface area contributed by atoms with Crippen molar-refractivity contribution in [2.24, 2.45) is 0 Å². The van der Waals surface area contributed by atoms with Gasteiger partial charge in [0.25, 0.3) is 0 Å². The topological polar surface area (TPSA) is 64.6 Å². The molecule has 0 saturated heterocycles. The molecule has 2 aromatic carbocycles. The van der Waals surface area contributed by atoms with Crippen molar-refractivity contribution in [2.45, 2.75) is 50.0 Å². The summed E-state index contributed by atoms with van der Waals surface area (Å²) >= 11 is 0. The second-order valence-corrected chi connectivity index (χ2v) is 8.51. The second-order valence-electron chi connectivity index (χ2n) is 6.74. The SMILES string of the molecule is CCc1cccc(OCCNS(=O)(=O)c2ccc(OC3CCCC3)cc2)c1. The second kappa shape index (κ2) is 9.24. The first kappa shape index (κ1) is 19.7. The van der Waals surface area contributed by atoms with Gasteiger partial charge in [-0.25, -0.2) is 13.1 Å². The summed E-state index contributed by atoms with van der Waals surface area (Å²) in [4.78, 5) is 0.231. The summed E-state index contributed by atoms with van der Waals surface area (Å²) in [7, 11) is -3.56. The number of aryl methyl sites for hydroxylation is 1. The number of benzene rings is 2. The first-order valence-electron chi connectivity index (χ1n) is 9.55. The molecule has 0 aliphatic heterocycles. The highest BCUT2D eigenvalue weighted by atomic mass is 32.2. The largest absolute Gasteiger partial charge is 0.492 e. The molecule has 0 atom stereocenters. The van der Waals surface area contributed by atoms with Crippen LogP contribution >= 0.6 is 0 Å². The van der Waals surface area contributed by atoms with E-state index in [9.17, 15) is 8.42 Å². The summed E-state index contributed by atoms with van der Waals surface area (Å²) in [6.07, 6.45) is 5.74. The molecule has 0 spiro atoms. The molecule has 1 saturated carbocycles. The molecule has 0 radical (unpaired) electrons. The number of ether oxygens (including phenoxy) is 2. The van der Waals surface area contributed by atoms with Crippen LogP contribution in [-0.4, -0.2) is 27.7 Å². The van der Waals surface area contributed by atoms with E-state index in [2.05, 4.69) is 11.6 Å². The molecule has 0 heterocycles. The molecule has 1 aliphatic rings. The molecular weight excluding hydrogens is 362 g/mol. The third kappa shape index (κ3) is 5.71. The third-order valence-corrected chi connectivity index (χ3v) is 6.19. The molecule has 2 aromatic rings. The molecular formula is C21H27NO4S.